The van der Waals surface area contributed by atoms with E-state index in [0.717, 1.165) is 10.5 Å². The highest BCUT2D eigenvalue weighted by Gasteiger charge is 2.15. The first-order valence-corrected chi connectivity index (χ1v) is 9.98. The summed E-state index contributed by atoms with van der Waals surface area (Å²) in [5.74, 6) is 0.383. The molecule has 2 aromatic carbocycles. The van der Waals surface area contributed by atoms with Gasteiger partial charge in [0, 0.05) is 22.1 Å². The third kappa shape index (κ3) is 4.64. The van der Waals surface area contributed by atoms with Crippen molar-refractivity contribution in [2.75, 3.05) is 5.75 Å². The number of aryl methyl sites for hydroxylation is 1. The van der Waals surface area contributed by atoms with Crippen LogP contribution in [0.25, 0.3) is 0 Å². The van der Waals surface area contributed by atoms with Crippen LogP contribution < -0.4 is 0 Å². The Bertz CT molecular complexity index is 870. The third-order valence-electron chi connectivity index (χ3n) is 3.05. The molecular weight excluding hydrogens is 352 g/mol. The smallest absolute Gasteiger partial charge is 0.199 e. The fourth-order valence-electron chi connectivity index (χ4n) is 1.92. The van der Waals surface area contributed by atoms with E-state index in [1.165, 1.54) is 24.3 Å². The Morgan fingerprint density at radius 1 is 1.17 bits per heavy atom. The van der Waals surface area contributed by atoms with Crippen molar-refractivity contribution in [2.24, 2.45) is 3.77 Å². The van der Waals surface area contributed by atoms with Gasteiger partial charge >= 0.3 is 0 Å². The molecule has 0 saturated carbocycles. The van der Waals surface area contributed by atoms with Crippen LogP contribution in [-0.4, -0.2) is 14.2 Å². The molecule has 0 saturated heterocycles. The van der Waals surface area contributed by atoms with Gasteiger partial charge in [-0.05, 0) is 53.5 Å². The van der Waals surface area contributed by atoms with Crippen molar-refractivity contribution in [3.8, 4) is 6.07 Å². The minimum absolute atomic E-state index is 0.102. The van der Waals surface area contributed by atoms with Crippen LogP contribution in [0.4, 0.5) is 0 Å². The molecule has 0 bridgehead atoms. The highest BCUT2D eigenvalue weighted by Crippen LogP contribution is 2.21. The molecule has 0 amide bonds. The molecule has 0 heterocycles. The fraction of sp³-hybridized carbons (Fsp3) is 0.188. The number of nitriles is 1. The summed E-state index contributed by atoms with van der Waals surface area (Å²) < 4.78 is 29.1. The zero-order chi connectivity index (χ0) is 16.9. The summed E-state index contributed by atoms with van der Waals surface area (Å²) in [6.07, 6.45) is 0.247. The second-order valence-electron chi connectivity index (χ2n) is 4.75. The van der Waals surface area contributed by atoms with Gasteiger partial charge in [0.25, 0.3) is 10.0 Å². The molecule has 1 unspecified atom stereocenters. The van der Waals surface area contributed by atoms with Crippen LogP contribution in [0.15, 0.2) is 62.1 Å². The molecule has 4 nitrogen and oxygen atoms in total. The lowest BCUT2D eigenvalue weighted by molar-refractivity contribution is 0.598. The lowest BCUT2D eigenvalue weighted by atomic mass is 10.2. The molecule has 7 heteroatoms. The molecule has 0 spiro atoms. The van der Waals surface area contributed by atoms with Gasteiger partial charge < -0.3 is 0 Å². The molecule has 1 atom stereocenters. The van der Waals surface area contributed by atoms with Crippen LogP contribution in [0.5, 0.6) is 0 Å². The number of sulfonamides is 1. The molecular formula is C16H15ClN2O2S2. The standard InChI is InChI=1S/C16H15ClN2O2S2/c1-13-5-2-3-6-16(13)22(12-4-11-18)19-23(20,21)15-9-7-14(17)8-10-15/h2-3,5-10H,4,12H2,1H3. The zero-order valence-electron chi connectivity index (χ0n) is 12.4. The molecule has 2 aromatic rings. The van der Waals surface area contributed by atoms with Crippen molar-refractivity contribution in [2.45, 2.75) is 23.1 Å². The normalized spacial score (nSPS) is 12.7. The maximum Gasteiger partial charge on any atom is 0.288 e. The molecule has 0 aliphatic carbocycles. The minimum atomic E-state index is -3.80. The van der Waals surface area contributed by atoms with E-state index < -0.39 is 20.7 Å². The SMILES string of the molecule is Cc1ccccc1S(CCC#N)=NS(=O)(=O)c1ccc(Cl)cc1. The molecule has 0 aliphatic heterocycles. The molecule has 0 fully saturated rings. The Hall–Kier alpha value is -1.68. The topological polar surface area (TPSA) is 70.3 Å². The molecule has 0 radical (unpaired) electrons. The van der Waals surface area contributed by atoms with Gasteiger partial charge in [-0.2, -0.15) is 13.7 Å². The molecule has 0 aliphatic rings. The van der Waals surface area contributed by atoms with Crippen LogP contribution in [0.1, 0.15) is 12.0 Å². The predicted molar refractivity (Wildman–Crippen MR) is 93.0 cm³/mol. The second kappa shape index (κ2) is 7.73. The monoisotopic (exact) mass is 366 g/mol. The second-order valence-corrected chi connectivity index (χ2v) is 8.78. The van der Waals surface area contributed by atoms with E-state index in [-0.39, 0.29) is 11.3 Å². The summed E-state index contributed by atoms with van der Waals surface area (Å²) >= 11 is 5.79. The Morgan fingerprint density at radius 3 is 2.43 bits per heavy atom. The van der Waals surface area contributed by atoms with Gasteiger partial charge in [-0.3, -0.25) is 0 Å². The van der Waals surface area contributed by atoms with Crippen LogP contribution in [0.2, 0.25) is 5.02 Å². The summed E-state index contributed by atoms with van der Waals surface area (Å²) in [6.45, 7) is 1.91. The van der Waals surface area contributed by atoms with Gasteiger partial charge in [0.1, 0.15) is 0 Å². The van der Waals surface area contributed by atoms with Crippen molar-refractivity contribution >= 4 is 32.3 Å². The van der Waals surface area contributed by atoms with E-state index in [1.807, 2.05) is 31.2 Å². The number of hydrogen-bond donors (Lipinski definition) is 0. The van der Waals surface area contributed by atoms with E-state index in [2.05, 4.69) is 9.84 Å². The minimum Gasteiger partial charge on any atom is -0.199 e. The average Bonchev–Trinajstić information content (AvgIpc) is 2.52. The van der Waals surface area contributed by atoms with Crippen molar-refractivity contribution in [3.63, 3.8) is 0 Å². The van der Waals surface area contributed by atoms with Gasteiger partial charge in [-0.15, -0.1) is 3.77 Å². The van der Waals surface area contributed by atoms with Crippen molar-refractivity contribution in [1.29, 1.82) is 5.26 Å². The van der Waals surface area contributed by atoms with Crippen molar-refractivity contribution in [1.82, 2.24) is 0 Å². The van der Waals surface area contributed by atoms with Gasteiger partial charge in [0.2, 0.25) is 0 Å². The Balaban J connectivity index is 2.50. The summed E-state index contributed by atoms with van der Waals surface area (Å²) in [5.41, 5.74) is 0.962. The molecule has 0 aromatic heterocycles. The molecule has 23 heavy (non-hydrogen) atoms. The highest BCUT2D eigenvalue weighted by molar-refractivity contribution is 8.00. The number of rotatable bonds is 5. The average molecular weight is 367 g/mol. The maximum atomic E-state index is 12.5. The van der Waals surface area contributed by atoms with Gasteiger partial charge in [-0.1, -0.05) is 29.8 Å². The van der Waals surface area contributed by atoms with E-state index in [9.17, 15) is 8.42 Å². The van der Waals surface area contributed by atoms with E-state index >= 15 is 0 Å². The van der Waals surface area contributed by atoms with Crippen LogP contribution >= 0.6 is 11.6 Å². The molecule has 2 rings (SSSR count). The molecule has 0 N–H and O–H groups in total. The zero-order valence-corrected chi connectivity index (χ0v) is 14.8. The van der Waals surface area contributed by atoms with Gasteiger partial charge in [0.15, 0.2) is 0 Å². The van der Waals surface area contributed by atoms with Crippen molar-refractivity contribution in [3.05, 3.63) is 59.1 Å². The maximum absolute atomic E-state index is 12.5. The Kier molecular flexibility index (Phi) is 5.94. The summed E-state index contributed by atoms with van der Waals surface area (Å²) in [6, 6.07) is 15.5. The number of halogens is 1. The van der Waals surface area contributed by atoms with E-state index in [1.54, 1.807) is 0 Å². The van der Waals surface area contributed by atoms with Crippen LogP contribution in [-0.2, 0) is 20.7 Å². The predicted octanol–water partition coefficient (Wildman–Crippen LogP) is 4.11. The summed E-state index contributed by atoms with van der Waals surface area (Å²) in [5, 5.41) is 9.29. The van der Waals surface area contributed by atoms with Crippen LogP contribution in [0, 0.1) is 18.3 Å². The highest BCUT2D eigenvalue weighted by atomic mass is 35.5. The first kappa shape index (κ1) is 17.7. The summed E-state index contributed by atoms with van der Waals surface area (Å²) in [7, 11) is -4.70. The van der Waals surface area contributed by atoms with E-state index in [0.29, 0.717) is 10.8 Å². The van der Waals surface area contributed by atoms with E-state index in [4.69, 9.17) is 16.9 Å². The van der Waals surface area contributed by atoms with Crippen molar-refractivity contribution < 1.29 is 8.42 Å². The van der Waals surface area contributed by atoms with Gasteiger partial charge in [0.05, 0.1) is 11.0 Å². The first-order valence-electron chi connectivity index (χ1n) is 6.81. The summed E-state index contributed by atoms with van der Waals surface area (Å²) in [4.78, 5) is 0.949. The number of benzene rings is 2. The number of nitrogens with zero attached hydrogens (tertiary/aromatic N) is 2. The third-order valence-corrected chi connectivity index (χ3v) is 7.24. The lowest BCUT2D eigenvalue weighted by Gasteiger charge is -2.10. The first-order chi connectivity index (χ1) is 10.9. The number of hydrogen-bond acceptors (Lipinski definition) is 3. The Labute approximate surface area is 143 Å². The van der Waals surface area contributed by atoms with Gasteiger partial charge in [-0.25, -0.2) is 0 Å². The quantitative estimate of drug-likeness (QED) is 0.799. The largest absolute Gasteiger partial charge is 0.288 e. The lowest BCUT2D eigenvalue weighted by Crippen LogP contribution is -2.05. The Morgan fingerprint density at radius 2 is 1.83 bits per heavy atom. The fourth-order valence-corrected chi connectivity index (χ4v) is 5.62. The molecule has 120 valence electrons. The van der Waals surface area contributed by atoms with Crippen LogP contribution in [0.3, 0.4) is 0 Å².